The van der Waals surface area contributed by atoms with Crippen molar-refractivity contribution in [3.8, 4) is 0 Å². The van der Waals surface area contributed by atoms with Crippen molar-refractivity contribution in [2.75, 3.05) is 0 Å². The fourth-order valence-electron chi connectivity index (χ4n) is 2.39. The molecule has 0 saturated heterocycles. The molecule has 1 rings (SSSR count). The minimum absolute atomic E-state index is 0.588. The van der Waals surface area contributed by atoms with Crippen molar-refractivity contribution in [1.82, 2.24) is 5.32 Å². The van der Waals surface area contributed by atoms with E-state index in [1.54, 1.807) is 0 Å². The van der Waals surface area contributed by atoms with E-state index in [9.17, 15) is 0 Å². The lowest BCUT2D eigenvalue weighted by atomic mass is 10.0. The number of allylic oxidation sites excluding steroid dienone is 2. The third-order valence-electron chi connectivity index (χ3n) is 3.93. The summed E-state index contributed by atoms with van der Waals surface area (Å²) in [5, 5.41) is 3.43. The molecule has 0 bridgehead atoms. The second kappa shape index (κ2) is 9.27. The first-order valence-electron chi connectivity index (χ1n) is 8.60. The molecule has 0 heterocycles. The van der Waals surface area contributed by atoms with Gasteiger partial charge in [0.1, 0.15) is 0 Å². The summed E-state index contributed by atoms with van der Waals surface area (Å²) < 4.78 is 0. The van der Waals surface area contributed by atoms with Crippen LogP contribution in [-0.4, -0.2) is 5.71 Å². The molecule has 1 aromatic rings. The molecule has 24 heavy (non-hydrogen) atoms. The molecule has 0 atom stereocenters. The second-order valence-electron chi connectivity index (χ2n) is 7.02. The van der Waals surface area contributed by atoms with Crippen LogP contribution in [0.5, 0.6) is 0 Å². The first-order chi connectivity index (χ1) is 11.2. The molecule has 0 fully saturated rings. The highest BCUT2D eigenvalue weighted by Crippen LogP contribution is 2.21. The number of rotatable bonds is 8. The van der Waals surface area contributed by atoms with E-state index >= 15 is 0 Å². The summed E-state index contributed by atoms with van der Waals surface area (Å²) in [7, 11) is 0. The average Bonchev–Trinajstić information content (AvgIpc) is 2.50. The molecule has 1 aromatic carbocycles. The fraction of sp³-hybridized carbons (Fsp3) is 0.409. The van der Waals surface area contributed by atoms with Gasteiger partial charge in [-0.25, -0.2) is 0 Å². The van der Waals surface area contributed by atoms with Crippen molar-refractivity contribution in [1.29, 1.82) is 0 Å². The Labute approximate surface area is 148 Å². The van der Waals surface area contributed by atoms with E-state index in [2.05, 4.69) is 70.4 Å². The van der Waals surface area contributed by atoms with Crippen LogP contribution in [0.15, 0.2) is 65.0 Å². The number of aliphatic imine (C=N–C) groups is 1. The summed E-state index contributed by atoms with van der Waals surface area (Å²) in [6.45, 7) is 21.6. The van der Waals surface area contributed by atoms with E-state index in [1.165, 1.54) is 16.7 Å². The number of benzene rings is 1. The highest BCUT2D eigenvalue weighted by molar-refractivity contribution is 5.98. The molecule has 0 amide bonds. The van der Waals surface area contributed by atoms with Crippen molar-refractivity contribution < 1.29 is 0 Å². The minimum atomic E-state index is 0.588. The third-order valence-corrected chi connectivity index (χ3v) is 3.93. The van der Waals surface area contributed by atoms with E-state index in [4.69, 9.17) is 4.99 Å². The van der Waals surface area contributed by atoms with Gasteiger partial charge in [0.15, 0.2) is 0 Å². The number of hydrogen-bond donors (Lipinski definition) is 1. The molecule has 0 aliphatic carbocycles. The topological polar surface area (TPSA) is 24.4 Å². The Balaban J connectivity index is 2.97. The Morgan fingerprint density at radius 2 is 1.67 bits per heavy atom. The van der Waals surface area contributed by atoms with Gasteiger partial charge in [-0.1, -0.05) is 56.8 Å². The van der Waals surface area contributed by atoms with E-state index in [1.807, 2.05) is 13.8 Å². The SMILES string of the molecule is C=C(C)C(C)=N/C(C(=C)NCc1ccc(C)cc1)=C(\C)CC(C)C. The summed E-state index contributed by atoms with van der Waals surface area (Å²) in [4.78, 5) is 4.79. The predicted molar refractivity (Wildman–Crippen MR) is 107 cm³/mol. The zero-order valence-corrected chi connectivity index (χ0v) is 16.2. The highest BCUT2D eigenvalue weighted by Gasteiger charge is 2.09. The Bertz CT molecular complexity index is 643. The van der Waals surface area contributed by atoms with Crippen molar-refractivity contribution in [2.24, 2.45) is 10.9 Å². The number of nitrogens with zero attached hydrogens (tertiary/aromatic N) is 1. The monoisotopic (exact) mass is 324 g/mol. The maximum Gasteiger partial charge on any atom is 0.0847 e. The molecule has 0 aromatic heterocycles. The van der Waals surface area contributed by atoms with Crippen LogP contribution >= 0.6 is 0 Å². The summed E-state index contributed by atoms with van der Waals surface area (Å²) in [5.74, 6) is 0.588. The van der Waals surface area contributed by atoms with Crippen molar-refractivity contribution >= 4 is 5.71 Å². The summed E-state index contributed by atoms with van der Waals surface area (Å²) in [5.41, 5.74) is 7.52. The van der Waals surface area contributed by atoms with Crippen LogP contribution < -0.4 is 5.32 Å². The molecule has 0 aliphatic heterocycles. The molecule has 1 N–H and O–H groups in total. The first-order valence-corrected chi connectivity index (χ1v) is 8.60. The van der Waals surface area contributed by atoms with Crippen molar-refractivity contribution in [3.63, 3.8) is 0 Å². The van der Waals surface area contributed by atoms with Crippen LogP contribution in [0.1, 0.15) is 52.2 Å². The molecule has 130 valence electrons. The van der Waals surface area contributed by atoms with Crippen LogP contribution in [-0.2, 0) is 6.54 Å². The van der Waals surface area contributed by atoms with Gasteiger partial charge in [-0.2, -0.15) is 0 Å². The first kappa shape index (κ1) is 20.0. The van der Waals surface area contributed by atoms with Gasteiger partial charge in [0.25, 0.3) is 0 Å². The Hall–Kier alpha value is -2.09. The number of nitrogens with one attached hydrogen (secondary N) is 1. The van der Waals surface area contributed by atoms with Crippen LogP contribution in [0.2, 0.25) is 0 Å². The summed E-state index contributed by atoms with van der Waals surface area (Å²) in [6.07, 6.45) is 1.01. The lowest BCUT2D eigenvalue weighted by Crippen LogP contribution is -2.15. The van der Waals surface area contributed by atoms with E-state index in [-0.39, 0.29) is 0 Å². The predicted octanol–water partition coefficient (Wildman–Crippen LogP) is 5.96. The van der Waals surface area contributed by atoms with Gasteiger partial charge in [0.2, 0.25) is 0 Å². The number of hydrogen-bond acceptors (Lipinski definition) is 2. The maximum atomic E-state index is 4.79. The van der Waals surface area contributed by atoms with Gasteiger partial charge < -0.3 is 5.32 Å². The van der Waals surface area contributed by atoms with Gasteiger partial charge in [0, 0.05) is 12.3 Å². The fourth-order valence-corrected chi connectivity index (χ4v) is 2.39. The van der Waals surface area contributed by atoms with Gasteiger partial charge in [0.05, 0.1) is 11.4 Å². The Kier molecular flexibility index (Phi) is 7.70. The minimum Gasteiger partial charge on any atom is -0.380 e. The Morgan fingerprint density at radius 3 is 2.17 bits per heavy atom. The zero-order chi connectivity index (χ0) is 18.3. The van der Waals surface area contributed by atoms with E-state index in [0.29, 0.717) is 5.92 Å². The average molecular weight is 325 g/mol. The van der Waals surface area contributed by atoms with Crippen LogP contribution in [0.3, 0.4) is 0 Å². The van der Waals surface area contributed by atoms with Crippen LogP contribution in [0.4, 0.5) is 0 Å². The van der Waals surface area contributed by atoms with Gasteiger partial charge in [-0.05, 0) is 56.7 Å². The molecule has 0 saturated carbocycles. The molecule has 0 aliphatic rings. The smallest absolute Gasteiger partial charge is 0.0847 e. The Morgan fingerprint density at radius 1 is 1.08 bits per heavy atom. The quantitative estimate of drug-likeness (QED) is 0.463. The lowest BCUT2D eigenvalue weighted by molar-refractivity contribution is 0.636. The molecular weight excluding hydrogens is 292 g/mol. The van der Waals surface area contributed by atoms with Crippen molar-refractivity contribution in [2.45, 2.75) is 54.5 Å². The van der Waals surface area contributed by atoms with E-state index < -0.39 is 0 Å². The summed E-state index contributed by atoms with van der Waals surface area (Å²) in [6, 6.07) is 8.54. The normalized spacial score (nSPS) is 12.9. The number of aryl methyl sites for hydroxylation is 1. The van der Waals surface area contributed by atoms with Gasteiger partial charge >= 0.3 is 0 Å². The maximum absolute atomic E-state index is 4.79. The standard InChI is InChI=1S/C22H32N2/c1-15(2)13-18(6)22(24-19(7)16(3)4)20(8)23-14-21-11-9-17(5)10-12-21/h9-12,15,23H,3,8,13-14H2,1-2,4-7H3/b22-18+,24-19?. The summed E-state index contributed by atoms with van der Waals surface area (Å²) >= 11 is 0. The molecule has 0 radical (unpaired) electrons. The molecule has 0 spiro atoms. The van der Waals surface area contributed by atoms with Gasteiger partial charge in [-0.15, -0.1) is 0 Å². The van der Waals surface area contributed by atoms with Gasteiger partial charge in [-0.3, -0.25) is 4.99 Å². The van der Waals surface area contributed by atoms with Crippen molar-refractivity contribution in [3.05, 3.63) is 71.1 Å². The molecule has 0 unspecified atom stereocenters. The van der Waals surface area contributed by atoms with Crippen LogP contribution in [0.25, 0.3) is 0 Å². The zero-order valence-electron chi connectivity index (χ0n) is 16.2. The van der Waals surface area contributed by atoms with E-state index in [0.717, 1.165) is 35.6 Å². The molecule has 2 nitrogen and oxygen atoms in total. The molecule has 2 heteroatoms. The third kappa shape index (κ3) is 6.57. The highest BCUT2D eigenvalue weighted by atomic mass is 14.9. The molecular formula is C22H32N2. The lowest BCUT2D eigenvalue weighted by Gasteiger charge is -2.16. The second-order valence-corrected chi connectivity index (χ2v) is 7.02. The largest absolute Gasteiger partial charge is 0.380 e. The van der Waals surface area contributed by atoms with Crippen LogP contribution in [0, 0.1) is 12.8 Å².